The van der Waals surface area contributed by atoms with E-state index in [0.717, 1.165) is 63.8 Å². The molecule has 0 aromatic carbocycles. The van der Waals surface area contributed by atoms with Crippen LogP contribution in [-0.2, 0) is 17.8 Å². The van der Waals surface area contributed by atoms with E-state index in [2.05, 4.69) is 31.6 Å². The molecule has 2 heterocycles. The van der Waals surface area contributed by atoms with Gasteiger partial charge in [0.25, 0.3) is 0 Å². The summed E-state index contributed by atoms with van der Waals surface area (Å²) in [4.78, 5) is 4.83. The molecule has 2 aliphatic rings. The molecule has 2 fully saturated rings. The second kappa shape index (κ2) is 7.04. The van der Waals surface area contributed by atoms with E-state index in [4.69, 9.17) is 10.5 Å². The quantitative estimate of drug-likeness (QED) is 0.790. The van der Waals surface area contributed by atoms with Gasteiger partial charge in [-0.25, -0.2) is 0 Å². The van der Waals surface area contributed by atoms with Crippen LogP contribution in [0.15, 0.2) is 0 Å². The summed E-state index contributed by atoms with van der Waals surface area (Å²) in [6.45, 7) is 6.83. The predicted octanol–water partition coefficient (Wildman–Crippen LogP) is -0.123. The van der Waals surface area contributed by atoms with Gasteiger partial charge >= 0.3 is 0 Å². The predicted molar refractivity (Wildman–Crippen MR) is 84.6 cm³/mol. The Balaban J connectivity index is 1.69. The molecule has 0 amide bonds. The lowest BCUT2D eigenvalue weighted by atomic mass is 9.80. The minimum absolute atomic E-state index is 0.332. The minimum atomic E-state index is 0.332. The normalized spacial score (nSPS) is 27.0. The van der Waals surface area contributed by atoms with Crippen LogP contribution >= 0.6 is 0 Å². The molecule has 0 atom stereocenters. The molecule has 7 heteroatoms. The van der Waals surface area contributed by atoms with Crippen molar-refractivity contribution in [1.82, 2.24) is 24.6 Å². The molecule has 1 aliphatic carbocycles. The number of piperazine rings is 1. The average Bonchev–Trinajstić information content (AvgIpc) is 2.86. The Bertz CT molecular complexity index is 476. The first kappa shape index (κ1) is 15.9. The Hall–Kier alpha value is -1.02. The van der Waals surface area contributed by atoms with Crippen LogP contribution in [0.1, 0.15) is 30.4 Å². The van der Waals surface area contributed by atoms with Crippen molar-refractivity contribution in [2.75, 3.05) is 46.9 Å². The van der Waals surface area contributed by atoms with Crippen LogP contribution in [0.5, 0.6) is 0 Å². The van der Waals surface area contributed by atoms with E-state index < -0.39 is 0 Å². The summed E-state index contributed by atoms with van der Waals surface area (Å²) in [6, 6.07) is 0.332. The molecule has 1 aromatic heterocycles. The molecule has 1 saturated heterocycles. The van der Waals surface area contributed by atoms with Crippen LogP contribution in [0.4, 0.5) is 0 Å². The Morgan fingerprint density at radius 2 is 1.91 bits per heavy atom. The fraction of sp³-hybridized carbons (Fsp3) is 0.867. The molecule has 1 saturated carbocycles. The number of methoxy groups -OCH3 is 1. The van der Waals surface area contributed by atoms with Crippen molar-refractivity contribution in [2.45, 2.75) is 37.9 Å². The van der Waals surface area contributed by atoms with Gasteiger partial charge in [-0.1, -0.05) is 0 Å². The van der Waals surface area contributed by atoms with Gasteiger partial charge in [0.15, 0.2) is 0 Å². The number of hydrogen-bond donors (Lipinski definition) is 1. The first-order chi connectivity index (χ1) is 10.7. The lowest BCUT2D eigenvalue weighted by Crippen LogP contribution is -2.44. The summed E-state index contributed by atoms with van der Waals surface area (Å²) < 4.78 is 7.52. The molecule has 1 aromatic rings. The molecular weight excluding hydrogens is 280 g/mol. The number of nitrogens with two attached hydrogens (primary N) is 1. The van der Waals surface area contributed by atoms with Crippen LogP contribution in [0.2, 0.25) is 0 Å². The van der Waals surface area contributed by atoms with E-state index in [0.29, 0.717) is 18.6 Å². The Morgan fingerprint density at radius 3 is 2.55 bits per heavy atom. The van der Waals surface area contributed by atoms with Crippen molar-refractivity contribution in [3.8, 4) is 0 Å². The maximum absolute atomic E-state index is 5.93. The average molecular weight is 308 g/mol. The molecule has 0 unspecified atom stereocenters. The lowest BCUT2D eigenvalue weighted by Gasteiger charge is -2.33. The summed E-state index contributed by atoms with van der Waals surface area (Å²) in [6.07, 6.45) is 2.05. The van der Waals surface area contributed by atoms with Gasteiger partial charge in [0.1, 0.15) is 11.6 Å². The van der Waals surface area contributed by atoms with Crippen molar-refractivity contribution in [3.63, 3.8) is 0 Å². The number of aromatic nitrogens is 3. The number of likely N-dealkylation sites (N-methyl/N-ethyl adjacent to an activating group) is 1. The summed E-state index contributed by atoms with van der Waals surface area (Å²) in [5, 5.41) is 8.94. The zero-order valence-corrected chi connectivity index (χ0v) is 13.7. The molecule has 7 nitrogen and oxygen atoms in total. The van der Waals surface area contributed by atoms with E-state index in [-0.39, 0.29) is 0 Å². The monoisotopic (exact) mass is 308 g/mol. The highest BCUT2D eigenvalue weighted by molar-refractivity contribution is 5.09. The van der Waals surface area contributed by atoms with Gasteiger partial charge in [0.2, 0.25) is 0 Å². The zero-order valence-electron chi connectivity index (χ0n) is 13.7. The van der Waals surface area contributed by atoms with Gasteiger partial charge in [0, 0.05) is 51.8 Å². The van der Waals surface area contributed by atoms with Crippen LogP contribution in [-0.4, -0.2) is 77.5 Å². The molecule has 3 rings (SSSR count). The lowest BCUT2D eigenvalue weighted by molar-refractivity contribution is 0.141. The van der Waals surface area contributed by atoms with Crippen molar-refractivity contribution in [3.05, 3.63) is 11.6 Å². The molecule has 0 spiro atoms. The van der Waals surface area contributed by atoms with E-state index in [1.54, 1.807) is 7.11 Å². The number of ether oxygens (including phenoxy) is 1. The summed E-state index contributed by atoms with van der Waals surface area (Å²) in [5.41, 5.74) is 5.93. The molecular formula is C15H28N6O. The topological polar surface area (TPSA) is 72.4 Å². The van der Waals surface area contributed by atoms with E-state index >= 15 is 0 Å². The maximum atomic E-state index is 5.93. The van der Waals surface area contributed by atoms with Gasteiger partial charge in [-0.2, -0.15) is 0 Å². The number of hydrogen-bond acceptors (Lipinski definition) is 6. The first-order valence-corrected chi connectivity index (χ1v) is 8.24. The fourth-order valence-corrected chi connectivity index (χ4v) is 3.27. The highest BCUT2D eigenvalue weighted by Crippen LogP contribution is 2.34. The standard InChI is InChI=1S/C15H28N6O/c1-19-3-5-20(6-4-19)11-14-17-18-15(12-9-13(16)10-12)21(14)7-8-22-2/h12-13H,3-11,16H2,1-2H3. The molecule has 22 heavy (non-hydrogen) atoms. The van der Waals surface area contributed by atoms with E-state index in [1.807, 2.05) is 0 Å². The van der Waals surface area contributed by atoms with Crippen LogP contribution < -0.4 is 5.73 Å². The second-order valence-electron chi connectivity index (χ2n) is 6.63. The molecule has 0 bridgehead atoms. The third kappa shape index (κ3) is 3.48. The van der Waals surface area contributed by atoms with Gasteiger partial charge < -0.3 is 19.9 Å². The van der Waals surface area contributed by atoms with E-state index in [1.165, 1.54) is 0 Å². The maximum Gasteiger partial charge on any atom is 0.147 e. The Kier molecular flexibility index (Phi) is 5.07. The van der Waals surface area contributed by atoms with Crippen molar-refractivity contribution >= 4 is 0 Å². The largest absolute Gasteiger partial charge is 0.383 e. The minimum Gasteiger partial charge on any atom is -0.383 e. The van der Waals surface area contributed by atoms with Gasteiger partial charge in [-0.3, -0.25) is 4.90 Å². The summed E-state index contributed by atoms with van der Waals surface area (Å²) >= 11 is 0. The second-order valence-corrected chi connectivity index (χ2v) is 6.63. The van der Waals surface area contributed by atoms with Crippen LogP contribution in [0, 0.1) is 0 Å². The van der Waals surface area contributed by atoms with Crippen molar-refractivity contribution in [1.29, 1.82) is 0 Å². The SMILES string of the molecule is COCCn1c(CN2CCN(C)CC2)nnc1C1CC(N)C1. The number of rotatable bonds is 6. The Labute approximate surface area is 132 Å². The highest BCUT2D eigenvalue weighted by Gasteiger charge is 2.32. The molecule has 1 aliphatic heterocycles. The summed E-state index contributed by atoms with van der Waals surface area (Å²) in [5.74, 6) is 2.64. The fourth-order valence-electron chi connectivity index (χ4n) is 3.27. The van der Waals surface area contributed by atoms with Crippen LogP contribution in [0.3, 0.4) is 0 Å². The molecule has 2 N–H and O–H groups in total. The number of nitrogens with zero attached hydrogens (tertiary/aromatic N) is 5. The van der Waals surface area contributed by atoms with E-state index in [9.17, 15) is 0 Å². The van der Waals surface area contributed by atoms with Crippen molar-refractivity contribution in [2.24, 2.45) is 5.73 Å². The molecule has 0 radical (unpaired) electrons. The molecule has 124 valence electrons. The zero-order chi connectivity index (χ0) is 15.5. The Morgan fingerprint density at radius 1 is 1.18 bits per heavy atom. The summed E-state index contributed by atoms with van der Waals surface area (Å²) in [7, 11) is 3.92. The van der Waals surface area contributed by atoms with Crippen molar-refractivity contribution < 1.29 is 4.74 Å². The highest BCUT2D eigenvalue weighted by atomic mass is 16.5. The van der Waals surface area contributed by atoms with Crippen LogP contribution in [0.25, 0.3) is 0 Å². The van der Waals surface area contributed by atoms with Gasteiger partial charge in [-0.15, -0.1) is 10.2 Å². The third-order valence-electron chi connectivity index (χ3n) is 4.88. The first-order valence-electron chi connectivity index (χ1n) is 8.24. The third-order valence-corrected chi connectivity index (χ3v) is 4.88. The van der Waals surface area contributed by atoms with Gasteiger partial charge in [0.05, 0.1) is 13.2 Å². The van der Waals surface area contributed by atoms with Gasteiger partial charge in [-0.05, 0) is 19.9 Å². The smallest absolute Gasteiger partial charge is 0.147 e.